The lowest BCUT2D eigenvalue weighted by molar-refractivity contribution is 0.482. The van der Waals surface area contributed by atoms with Gasteiger partial charge in [0.1, 0.15) is 4.90 Å². The third-order valence-electron chi connectivity index (χ3n) is 1.75. The van der Waals surface area contributed by atoms with Gasteiger partial charge in [-0.25, -0.2) is 0 Å². The van der Waals surface area contributed by atoms with Crippen molar-refractivity contribution in [3.8, 4) is 0 Å². The van der Waals surface area contributed by atoms with Crippen LogP contribution in [0.1, 0.15) is 5.69 Å². The van der Waals surface area contributed by atoms with E-state index < -0.39 is 10.1 Å². The van der Waals surface area contributed by atoms with E-state index in [0.717, 1.165) is 6.20 Å². The van der Waals surface area contributed by atoms with E-state index in [-0.39, 0.29) is 4.90 Å². The van der Waals surface area contributed by atoms with E-state index in [2.05, 4.69) is 9.97 Å². The summed E-state index contributed by atoms with van der Waals surface area (Å²) in [7, 11) is -4.08. The predicted octanol–water partition coefficient (Wildman–Crippen LogP) is 1.72. The van der Waals surface area contributed by atoms with E-state index >= 15 is 0 Å². The molecule has 0 radical (unpaired) electrons. The van der Waals surface area contributed by atoms with Crippen molar-refractivity contribution in [3.63, 3.8) is 0 Å². The number of hydrogen-bond acceptors (Lipinski definition) is 4. The van der Waals surface area contributed by atoms with Gasteiger partial charge in [-0.2, -0.15) is 8.42 Å². The minimum atomic E-state index is -4.08. The highest BCUT2D eigenvalue weighted by Gasteiger charge is 2.07. The average molecular weight is 252 g/mol. The van der Waals surface area contributed by atoms with Crippen LogP contribution in [-0.4, -0.2) is 22.9 Å². The summed E-state index contributed by atoms with van der Waals surface area (Å²) in [6, 6.07) is 8.54. The molecule has 0 aliphatic heterocycles. The molecule has 0 amide bonds. The summed E-state index contributed by atoms with van der Waals surface area (Å²) in [6.07, 6.45) is 4.62. The van der Waals surface area contributed by atoms with Gasteiger partial charge in [0.15, 0.2) is 0 Å². The van der Waals surface area contributed by atoms with Crippen molar-refractivity contribution >= 4 is 10.1 Å². The normalized spacial score (nSPS) is 10.2. The van der Waals surface area contributed by atoms with Gasteiger partial charge in [-0.05, 0) is 31.2 Å². The van der Waals surface area contributed by atoms with Crippen molar-refractivity contribution in [3.05, 3.63) is 54.6 Å². The summed E-state index contributed by atoms with van der Waals surface area (Å²) in [5.41, 5.74) is 0.706. The van der Waals surface area contributed by atoms with Crippen LogP contribution in [0.15, 0.2) is 53.8 Å². The monoisotopic (exact) mass is 252 g/mol. The standard InChI is InChI=1S/C6H7NO3S.C5H5N/c1-5-2-3-6(4-7-5)11(8,9)10;1-2-4-6-5-3-1/h2-4H,1H3,(H,8,9,10);1-5H. The fourth-order valence-corrected chi connectivity index (χ4v) is 1.35. The molecule has 0 aliphatic carbocycles. The molecule has 90 valence electrons. The van der Waals surface area contributed by atoms with Crippen LogP contribution < -0.4 is 0 Å². The lowest BCUT2D eigenvalue weighted by Gasteiger charge is -1.94. The first-order chi connectivity index (χ1) is 8.00. The Morgan fingerprint density at radius 1 is 1.12 bits per heavy atom. The van der Waals surface area contributed by atoms with E-state index in [4.69, 9.17) is 4.55 Å². The Balaban J connectivity index is 0.000000202. The van der Waals surface area contributed by atoms with Crippen LogP contribution in [0, 0.1) is 6.92 Å². The second kappa shape index (κ2) is 6.07. The molecule has 0 fully saturated rings. The maximum Gasteiger partial charge on any atom is 0.296 e. The molecular formula is C11H12N2O3S. The van der Waals surface area contributed by atoms with E-state index in [1.165, 1.54) is 12.1 Å². The highest BCUT2D eigenvalue weighted by molar-refractivity contribution is 7.85. The van der Waals surface area contributed by atoms with Crippen molar-refractivity contribution in [1.82, 2.24) is 9.97 Å². The van der Waals surface area contributed by atoms with Gasteiger partial charge in [0.2, 0.25) is 0 Å². The first kappa shape index (κ1) is 13.3. The lowest BCUT2D eigenvalue weighted by atomic mass is 10.4. The van der Waals surface area contributed by atoms with Gasteiger partial charge in [0.05, 0.1) is 0 Å². The molecule has 2 heterocycles. The molecule has 2 aromatic rings. The molecule has 0 saturated carbocycles. The molecule has 0 aromatic carbocycles. The van der Waals surface area contributed by atoms with Gasteiger partial charge in [0.25, 0.3) is 10.1 Å². The molecule has 17 heavy (non-hydrogen) atoms. The van der Waals surface area contributed by atoms with Crippen molar-refractivity contribution < 1.29 is 13.0 Å². The third-order valence-corrected chi connectivity index (χ3v) is 2.59. The van der Waals surface area contributed by atoms with Crippen LogP contribution >= 0.6 is 0 Å². The van der Waals surface area contributed by atoms with Gasteiger partial charge in [-0.15, -0.1) is 0 Å². The molecule has 0 unspecified atom stereocenters. The van der Waals surface area contributed by atoms with Crippen LogP contribution in [0.4, 0.5) is 0 Å². The highest BCUT2D eigenvalue weighted by Crippen LogP contribution is 2.05. The zero-order valence-corrected chi connectivity index (χ0v) is 10.0. The van der Waals surface area contributed by atoms with E-state index in [0.29, 0.717) is 5.69 Å². The largest absolute Gasteiger partial charge is 0.296 e. The highest BCUT2D eigenvalue weighted by atomic mass is 32.2. The zero-order chi connectivity index (χ0) is 12.7. The summed E-state index contributed by atoms with van der Waals surface area (Å²) in [4.78, 5) is 7.31. The molecule has 0 bridgehead atoms. The first-order valence-electron chi connectivity index (χ1n) is 4.75. The van der Waals surface area contributed by atoms with E-state index in [1.807, 2.05) is 18.2 Å². The minimum Gasteiger partial charge on any atom is -0.282 e. The molecule has 1 N–H and O–H groups in total. The molecule has 0 aliphatic rings. The zero-order valence-electron chi connectivity index (χ0n) is 9.19. The predicted molar refractivity (Wildman–Crippen MR) is 63.0 cm³/mol. The molecule has 2 aromatic heterocycles. The van der Waals surface area contributed by atoms with Crippen LogP contribution in [-0.2, 0) is 10.1 Å². The summed E-state index contributed by atoms with van der Waals surface area (Å²) < 4.78 is 29.4. The molecular weight excluding hydrogens is 240 g/mol. The SMILES string of the molecule is Cc1ccc(S(=O)(=O)O)cn1.c1ccncc1. The fourth-order valence-electron chi connectivity index (χ4n) is 0.919. The number of aryl methyl sites for hydroxylation is 1. The Morgan fingerprint density at radius 3 is 2.06 bits per heavy atom. The molecule has 0 atom stereocenters. The first-order valence-corrected chi connectivity index (χ1v) is 6.19. The second-order valence-corrected chi connectivity index (χ2v) is 4.56. The fraction of sp³-hybridized carbons (Fsp3) is 0.0909. The Kier molecular flexibility index (Phi) is 4.74. The van der Waals surface area contributed by atoms with Crippen molar-refractivity contribution in [1.29, 1.82) is 0 Å². The van der Waals surface area contributed by atoms with Crippen LogP contribution in [0.2, 0.25) is 0 Å². The minimum absolute atomic E-state index is 0.178. The maximum absolute atomic E-state index is 10.5. The van der Waals surface area contributed by atoms with E-state index in [9.17, 15) is 8.42 Å². The Hall–Kier alpha value is -1.79. The van der Waals surface area contributed by atoms with Gasteiger partial charge < -0.3 is 0 Å². The summed E-state index contributed by atoms with van der Waals surface area (Å²) in [5, 5.41) is 0. The Morgan fingerprint density at radius 2 is 1.76 bits per heavy atom. The van der Waals surface area contributed by atoms with Gasteiger partial charge in [-0.3, -0.25) is 14.5 Å². The molecule has 0 saturated heterocycles. The van der Waals surface area contributed by atoms with Crippen LogP contribution in [0.25, 0.3) is 0 Å². The number of nitrogens with zero attached hydrogens (tertiary/aromatic N) is 2. The third kappa shape index (κ3) is 5.19. The van der Waals surface area contributed by atoms with Gasteiger partial charge >= 0.3 is 0 Å². The molecule has 6 heteroatoms. The molecule has 5 nitrogen and oxygen atoms in total. The lowest BCUT2D eigenvalue weighted by Crippen LogP contribution is -1.98. The quantitative estimate of drug-likeness (QED) is 0.781. The van der Waals surface area contributed by atoms with Gasteiger partial charge in [-0.1, -0.05) is 6.07 Å². The van der Waals surface area contributed by atoms with Crippen molar-refractivity contribution in [2.75, 3.05) is 0 Å². The average Bonchev–Trinajstić information content (AvgIpc) is 2.31. The molecule has 2 rings (SSSR count). The van der Waals surface area contributed by atoms with Crippen molar-refractivity contribution in [2.24, 2.45) is 0 Å². The summed E-state index contributed by atoms with van der Waals surface area (Å²) in [5.74, 6) is 0. The summed E-state index contributed by atoms with van der Waals surface area (Å²) >= 11 is 0. The molecule has 0 spiro atoms. The van der Waals surface area contributed by atoms with Crippen LogP contribution in [0.3, 0.4) is 0 Å². The van der Waals surface area contributed by atoms with E-state index in [1.54, 1.807) is 19.3 Å². The topological polar surface area (TPSA) is 80.2 Å². The Labute approximate surface area is 99.9 Å². The number of rotatable bonds is 1. The number of hydrogen-bond donors (Lipinski definition) is 1. The number of aromatic nitrogens is 2. The summed E-state index contributed by atoms with van der Waals surface area (Å²) in [6.45, 7) is 1.73. The van der Waals surface area contributed by atoms with Crippen LogP contribution in [0.5, 0.6) is 0 Å². The smallest absolute Gasteiger partial charge is 0.282 e. The second-order valence-electron chi connectivity index (χ2n) is 3.13. The maximum atomic E-state index is 10.5. The van der Waals surface area contributed by atoms with Gasteiger partial charge in [0, 0.05) is 24.3 Å². The number of pyridine rings is 2. The Bertz CT molecular complexity index is 512. The van der Waals surface area contributed by atoms with Crippen molar-refractivity contribution in [2.45, 2.75) is 11.8 Å².